The Kier molecular flexibility index (Phi) is 4.04. The molecule has 1 heterocycles. The third-order valence-electron chi connectivity index (χ3n) is 2.89. The molecule has 0 aliphatic carbocycles. The van der Waals surface area contributed by atoms with Crippen molar-refractivity contribution in [2.75, 3.05) is 25.1 Å². The number of rotatable bonds is 4. The highest BCUT2D eigenvalue weighted by atomic mass is 16.6. The fourth-order valence-corrected chi connectivity index (χ4v) is 1.76. The van der Waals surface area contributed by atoms with E-state index in [0.29, 0.717) is 36.8 Å². The molecule has 1 unspecified atom stereocenters. The average Bonchev–Trinajstić information content (AvgIpc) is 2.40. The molecule has 1 aliphatic heterocycles. The molecule has 1 aliphatic rings. The van der Waals surface area contributed by atoms with Crippen LogP contribution in [0, 0.1) is 5.92 Å². The second kappa shape index (κ2) is 5.73. The standard InChI is InChI=1S/C13H17NO4/c1-2-9(8-15)13(16)14-10-3-4-11-12(7-10)18-6-5-17-11/h3-4,7,9,15H,2,5-6,8H2,1H3,(H,14,16). The van der Waals surface area contributed by atoms with Crippen LogP contribution in [0.1, 0.15) is 13.3 Å². The summed E-state index contributed by atoms with van der Waals surface area (Å²) in [6.07, 6.45) is 0.604. The van der Waals surface area contributed by atoms with Crippen molar-refractivity contribution >= 4 is 11.6 Å². The molecule has 1 amide bonds. The normalized spacial score (nSPS) is 15.0. The topological polar surface area (TPSA) is 67.8 Å². The molecular weight excluding hydrogens is 234 g/mol. The fourth-order valence-electron chi connectivity index (χ4n) is 1.76. The van der Waals surface area contributed by atoms with Gasteiger partial charge in [-0.05, 0) is 18.6 Å². The lowest BCUT2D eigenvalue weighted by molar-refractivity contribution is -0.121. The Hall–Kier alpha value is -1.75. The van der Waals surface area contributed by atoms with Gasteiger partial charge >= 0.3 is 0 Å². The Balaban J connectivity index is 2.08. The van der Waals surface area contributed by atoms with E-state index in [0.717, 1.165) is 0 Å². The monoisotopic (exact) mass is 251 g/mol. The van der Waals surface area contributed by atoms with Crippen LogP contribution in [-0.4, -0.2) is 30.8 Å². The molecule has 18 heavy (non-hydrogen) atoms. The van der Waals surface area contributed by atoms with E-state index in [2.05, 4.69) is 5.32 Å². The van der Waals surface area contributed by atoms with Gasteiger partial charge in [0.2, 0.25) is 5.91 Å². The zero-order valence-corrected chi connectivity index (χ0v) is 10.3. The van der Waals surface area contributed by atoms with Crippen molar-refractivity contribution in [2.24, 2.45) is 5.92 Å². The third kappa shape index (κ3) is 2.73. The van der Waals surface area contributed by atoms with E-state index in [-0.39, 0.29) is 18.4 Å². The number of aliphatic hydroxyl groups excluding tert-OH is 1. The fraction of sp³-hybridized carbons (Fsp3) is 0.462. The van der Waals surface area contributed by atoms with E-state index < -0.39 is 0 Å². The highest BCUT2D eigenvalue weighted by Gasteiger charge is 2.17. The van der Waals surface area contributed by atoms with Gasteiger partial charge in [-0.3, -0.25) is 4.79 Å². The van der Waals surface area contributed by atoms with Crippen LogP contribution in [-0.2, 0) is 4.79 Å². The predicted octanol–water partition coefficient (Wildman–Crippen LogP) is 1.41. The molecule has 0 saturated carbocycles. The lowest BCUT2D eigenvalue weighted by Gasteiger charge is -2.19. The molecule has 0 radical (unpaired) electrons. The first-order valence-corrected chi connectivity index (χ1v) is 6.06. The van der Waals surface area contributed by atoms with Gasteiger partial charge in [0.05, 0.1) is 12.5 Å². The van der Waals surface area contributed by atoms with Gasteiger partial charge in [0.1, 0.15) is 13.2 Å². The van der Waals surface area contributed by atoms with Crippen molar-refractivity contribution in [3.05, 3.63) is 18.2 Å². The summed E-state index contributed by atoms with van der Waals surface area (Å²) >= 11 is 0. The van der Waals surface area contributed by atoms with Crippen molar-refractivity contribution in [3.63, 3.8) is 0 Å². The van der Waals surface area contributed by atoms with Crippen molar-refractivity contribution in [3.8, 4) is 11.5 Å². The molecular formula is C13H17NO4. The van der Waals surface area contributed by atoms with Crippen LogP contribution >= 0.6 is 0 Å². The number of aliphatic hydroxyl groups is 1. The highest BCUT2D eigenvalue weighted by Crippen LogP contribution is 2.32. The quantitative estimate of drug-likeness (QED) is 0.849. The molecule has 98 valence electrons. The number of hydrogen-bond donors (Lipinski definition) is 2. The van der Waals surface area contributed by atoms with Crippen LogP contribution in [0.25, 0.3) is 0 Å². The maximum Gasteiger partial charge on any atom is 0.229 e. The first kappa shape index (κ1) is 12.7. The summed E-state index contributed by atoms with van der Waals surface area (Å²) in [5.41, 5.74) is 0.649. The van der Waals surface area contributed by atoms with Crippen LogP contribution in [0.3, 0.4) is 0 Å². The summed E-state index contributed by atoms with van der Waals surface area (Å²) in [6, 6.07) is 5.26. The maximum absolute atomic E-state index is 11.8. The van der Waals surface area contributed by atoms with Crippen LogP contribution in [0.15, 0.2) is 18.2 Å². The van der Waals surface area contributed by atoms with Crippen LogP contribution < -0.4 is 14.8 Å². The molecule has 0 aromatic heterocycles. The van der Waals surface area contributed by atoms with E-state index in [1.165, 1.54) is 0 Å². The molecule has 0 saturated heterocycles. The molecule has 2 rings (SSSR count). The van der Waals surface area contributed by atoms with E-state index in [9.17, 15) is 4.79 Å². The Morgan fingerprint density at radius 1 is 1.39 bits per heavy atom. The number of benzene rings is 1. The maximum atomic E-state index is 11.8. The van der Waals surface area contributed by atoms with Crippen LogP contribution in [0.2, 0.25) is 0 Å². The Morgan fingerprint density at radius 3 is 2.78 bits per heavy atom. The minimum atomic E-state index is -0.377. The van der Waals surface area contributed by atoms with Gasteiger partial charge in [-0.1, -0.05) is 6.92 Å². The SMILES string of the molecule is CCC(CO)C(=O)Nc1ccc2c(c1)OCCO2. The van der Waals surface area contributed by atoms with E-state index in [1.807, 2.05) is 6.92 Å². The highest BCUT2D eigenvalue weighted by molar-refractivity contribution is 5.92. The molecule has 1 atom stereocenters. The Bertz CT molecular complexity index is 429. The van der Waals surface area contributed by atoms with Crippen molar-refractivity contribution in [1.82, 2.24) is 0 Å². The average molecular weight is 251 g/mol. The van der Waals surface area contributed by atoms with Crippen molar-refractivity contribution in [1.29, 1.82) is 0 Å². The van der Waals surface area contributed by atoms with Crippen molar-refractivity contribution < 1.29 is 19.4 Å². The lowest BCUT2D eigenvalue weighted by Crippen LogP contribution is -2.25. The van der Waals surface area contributed by atoms with Gasteiger partial charge in [0.15, 0.2) is 11.5 Å². The zero-order valence-electron chi connectivity index (χ0n) is 10.3. The minimum absolute atomic E-state index is 0.146. The summed E-state index contributed by atoms with van der Waals surface area (Å²) < 4.78 is 10.8. The van der Waals surface area contributed by atoms with Gasteiger partial charge in [0, 0.05) is 11.8 Å². The predicted molar refractivity (Wildman–Crippen MR) is 66.9 cm³/mol. The number of hydrogen-bond acceptors (Lipinski definition) is 4. The molecule has 1 aromatic rings. The largest absolute Gasteiger partial charge is 0.486 e. The second-order valence-electron chi connectivity index (χ2n) is 4.14. The molecule has 0 fully saturated rings. The van der Waals surface area contributed by atoms with Gasteiger partial charge in [-0.25, -0.2) is 0 Å². The number of carbonyl (C=O) groups is 1. The molecule has 5 nitrogen and oxygen atoms in total. The molecule has 1 aromatic carbocycles. The number of ether oxygens (including phenoxy) is 2. The molecule has 0 bridgehead atoms. The summed E-state index contributed by atoms with van der Waals surface area (Å²) in [4.78, 5) is 11.8. The van der Waals surface area contributed by atoms with Gasteiger partial charge in [0.25, 0.3) is 0 Å². The van der Waals surface area contributed by atoms with Gasteiger partial charge in [-0.15, -0.1) is 0 Å². The van der Waals surface area contributed by atoms with Gasteiger partial charge in [-0.2, -0.15) is 0 Å². The number of carbonyl (C=O) groups excluding carboxylic acids is 1. The molecule has 0 spiro atoms. The Morgan fingerprint density at radius 2 is 2.11 bits per heavy atom. The third-order valence-corrected chi connectivity index (χ3v) is 2.89. The zero-order chi connectivity index (χ0) is 13.0. The summed E-state index contributed by atoms with van der Waals surface area (Å²) in [6.45, 7) is 2.77. The summed E-state index contributed by atoms with van der Waals surface area (Å²) in [5, 5.41) is 11.8. The van der Waals surface area contributed by atoms with Crippen LogP contribution in [0.4, 0.5) is 5.69 Å². The number of anilines is 1. The van der Waals surface area contributed by atoms with E-state index in [1.54, 1.807) is 18.2 Å². The number of amides is 1. The number of nitrogens with one attached hydrogen (secondary N) is 1. The smallest absolute Gasteiger partial charge is 0.229 e. The number of fused-ring (bicyclic) bond motifs is 1. The van der Waals surface area contributed by atoms with Crippen molar-refractivity contribution in [2.45, 2.75) is 13.3 Å². The Labute approximate surface area is 106 Å². The molecule has 2 N–H and O–H groups in total. The van der Waals surface area contributed by atoms with E-state index >= 15 is 0 Å². The lowest BCUT2D eigenvalue weighted by atomic mass is 10.1. The van der Waals surface area contributed by atoms with Gasteiger partial charge < -0.3 is 19.9 Å². The molecule has 5 heteroatoms. The summed E-state index contributed by atoms with van der Waals surface area (Å²) in [5.74, 6) is 0.763. The second-order valence-corrected chi connectivity index (χ2v) is 4.14. The van der Waals surface area contributed by atoms with Crippen LogP contribution in [0.5, 0.6) is 11.5 Å². The first-order valence-electron chi connectivity index (χ1n) is 6.06. The summed E-state index contributed by atoms with van der Waals surface area (Å²) in [7, 11) is 0. The van der Waals surface area contributed by atoms with E-state index in [4.69, 9.17) is 14.6 Å². The minimum Gasteiger partial charge on any atom is -0.486 e. The first-order chi connectivity index (χ1) is 8.74.